The largest absolute Gasteiger partial charge is 0.508 e. The van der Waals surface area contributed by atoms with Crippen molar-refractivity contribution in [2.45, 2.75) is 26.4 Å². The van der Waals surface area contributed by atoms with E-state index >= 15 is 0 Å². The van der Waals surface area contributed by atoms with Crippen molar-refractivity contribution in [3.8, 4) is 17.2 Å². The molecule has 1 unspecified atom stereocenters. The van der Waals surface area contributed by atoms with Crippen molar-refractivity contribution in [3.63, 3.8) is 0 Å². The fourth-order valence-electron chi connectivity index (χ4n) is 2.37. The van der Waals surface area contributed by atoms with Crippen LogP contribution in [0.25, 0.3) is 12.2 Å². The highest BCUT2D eigenvalue weighted by atomic mass is 16.5. The first-order valence-electron chi connectivity index (χ1n) is 9.35. The van der Waals surface area contributed by atoms with Crippen molar-refractivity contribution in [3.05, 3.63) is 77.6 Å². The van der Waals surface area contributed by atoms with E-state index in [9.17, 15) is 15.0 Å². The number of phenolic OH excluding ortho intramolecular Hbond substituents is 1. The number of allylic oxidation sites excluding steroid dienone is 3. The van der Waals surface area contributed by atoms with Crippen LogP contribution in [0.15, 0.2) is 66.5 Å². The lowest BCUT2D eigenvalue weighted by atomic mass is 10.1. The summed E-state index contributed by atoms with van der Waals surface area (Å²) < 4.78 is 10.7. The Bertz CT molecular complexity index is 907. The third-order valence-electron chi connectivity index (χ3n) is 4.17. The third-order valence-corrected chi connectivity index (χ3v) is 4.17. The molecule has 2 rings (SSSR count). The number of hydrogen-bond donors (Lipinski definition) is 2. The van der Waals surface area contributed by atoms with Gasteiger partial charge in [0.1, 0.15) is 11.5 Å². The van der Waals surface area contributed by atoms with Crippen LogP contribution in [0, 0.1) is 0 Å². The van der Waals surface area contributed by atoms with Crippen molar-refractivity contribution in [1.29, 1.82) is 0 Å². The zero-order valence-electron chi connectivity index (χ0n) is 16.8. The predicted molar refractivity (Wildman–Crippen MR) is 115 cm³/mol. The molecule has 1 atom stereocenters. The number of carbonyl (C=O) groups is 1. The van der Waals surface area contributed by atoms with E-state index in [2.05, 4.69) is 6.92 Å². The van der Waals surface area contributed by atoms with E-state index in [4.69, 9.17) is 9.47 Å². The van der Waals surface area contributed by atoms with Gasteiger partial charge in [-0.2, -0.15) is 0 Å². The Morgan fingerprint density at radius 1 is 1.07 bits per heavy atom. The van der Waals surface area contributed by atoms with Crippen LogP contribution in [-0.2, 0) is 4.79 Å². The molecule has 152 valence electrons. The number of ether oxygens (including phenoxy) is 2. The molecule has 5 heteroatoms. The number of benzene rings is 2. The van der Waals surface area contributed by atoms with Gasteiger partial charge in [0.05, 0.1) is 13.2 Å². The Hall–Kier alpha value is -3.47. The van der Waals surface area contributed by atoms with Gasteiger partial charge in [0, 0.05) is 6.08 Å². The van der Waals surface area contributed by atoms with E-state index in [1.807, 2.05) is 31.2 Å². The number of aliphatic hydroxyl groups is 1. The molecule has 0 radical (unpaired) electrons. The number of aliphatic hydroxyl groups excluding tert-OH is 1. The third kappa shape index (κ3) is 7.22. The van der Waals surface area contributed by atoms with Crippen LogP contribution in [0.2, 0.25) is 0 Å². The van der Waals surface area contributed by atoms with Crippen LogP contribution in [0.1, 0.15) is 31.4 Å². The second-order valence-electron chi connectivity index (χ2n) is 6.48. The Morgan fingerprint density at radius 3 is 2.38 bits per heavy atom. The summed E-state index contributed by atoms with van der Waals surface area (Å²) in [6.45, 7) is 4.07. The highest BCUT2D eigenvalue weighted by molar-refractivity contribution is 6.02. The summed E-state index contributed by atoms with van der Waals surface area (Å²) in [4.78, 5) is 12.0. The number of hydrogen-bond acceptors (Lipinski definition) is 5. The fourth-order valence-corrected chi connectivity index (χ4v) is 2.37. The monoisotopic (exact) mass is 394 g/mol. The zero-order valence-corrected chi connectivity index (χ0v) is 16.8. The lowest BCUT2D eigenvalue weighted by Crippen LogP contribution is -2.09. The van der Waals surface area contributed by atoms with Crippen LogP contribution in [0.4, 0.5) is 0 Å². The maximum atomic E-state index is 12.0. The van der Waals surface area contributed by atoms with Gasteiger partial charge in [-0.05, 0) is 60.9 Å². The van der Waals surface area contributed by atoms with Gasteiger partial charge in [0.2, 0.25) is 0 Å². The maximum absolute atomic E-state index is 12.0. The molecular formula is C24H26O5. The fraction of sp³-hybridized carbons (Fsp3) is 0.208. The molecule has 0 amide bonds. The minimum atomic E-state index is -0.338. The molecule has 0 spiro atoms. The zero-order chi connectivity index (χ0) is 21.2. The first-order chi connectivity index (χ1) is 13.9. The molecule has 0 heterocycles. The highest BCUT2D eigenvalue weighted by Gasteiger charge is 2.02. The molecule has 2 N–H and O–H groups in total. The molecular weight excluding hydrogens is 368 g/mol. The average Bonchev–Trinajstić information content (AvgIpc) is 2.72. The molecule has 0 aliphatic heterocycles. The second-order valence-corrected chi connectivity index (χ2v) is 6.48. The van der Waals surface area contributed by atoms with Gasteiger partial charge >= 0.3 is 0 Å². The van der Waals surface area contributed by atoms with Gasteiger partial charge in [-0.25, -0.2) is 0 Å². The molecule has 0 saturated carbocycles. The lowest BCUT2D eigenvalue weighted by Gasteiger charge is -2.12. The normalized spacial score (nSPS) is 13.0. The van der Waals surface area contributed by atoms with Gasteiger partial charge in [-0.1, -0.05) is 37.3 Å². The highest BCUT2D eigenvalue weighted by Crippen LogP contribution is 2.26. The molecule has 0 saturated heterocycles. The molecule has 2 aromatic rings. The van der Waals surface area contributed by atoms with Gasteiger partial charge in [-0.15, -0.1) is 0 Å². The number of carbonyl (C=O) groups excluding carboxylic acids is 1. The first-order valence-corrected chi connectivity index (χ1v) is 9.35. The summed E-state index contributed by atoms with van der Waals surface area (Å²) in [6, 6.07) is 12.2. The molecule has 0 fully saturated rings. The topological polar surface area (TPSA) is 76.0 Å². The van der Waals surface area contributed by atoms with E-state index in [0.29, 0.717) is 11.3 Å². The molecule has 29 heavy (non-hydrogen) atoms. The van der Waals surface area contributed by atoms with Crippen molar-refractivity contribution in [1.82, 2.24) is 0 Å². The maximum Gasteiger partial charge on any atom is 0.182 e. The summed E-state index contributed by atoms with van der Waals surface area (Å²) in [7, 11) is 1.46. The van der Waals surface area contributed by atoms with Crippen LogP contribution in [-0.4, -0.2) is 29.2 Å². The van der Waals surface area contributed by atoms with Gasteiger partial charge in [-0.3, -0.25) is 4.79 Å². The summed E-state index contributed by atoms with van der Waals surface area (Å²) in [5.74, 6) is 0.634. The SMILES string of the molecule is CCC(C)Oc1ccc(/C=C/C(=O)/C=C(O)/C=C/c2ccc(O)c(OC)c2)cc1. The van der Waals surface area contributed by atoms with Crippen LogP contribution in [0.3, 0.4) is 0 Å². The first kappa shape index (κ1) is 21.8. The van der Waals surface area contributed by atoms with E-state index in [1.54, 1.807) is 24.3 Å². The number of phenols is 1. The van der Waals surface area contributed by atoms with Gasteiger partial charge < -0.3 is 19.7 Å². The number of methoxy groups -OCH3 is 1. The quantitative estimate of drug-likeness (QED) is 0.342. The Kier molecular flexibility index (Phi) is 8.10. The number of ketones is 1. The van der Waals surface area contributed by atoms with Crippen molar-refractivity contribution < 1.29 is 24.5 Å². The van der Waals surface area contributed by atoms with E-state index in [1.165, 1.54) is 25.3 Å². The molecule has 0 aromatic heterocycles. The summed E-state index contributed by atoms with van der Waals surface area (Å²) in [6.07, 6.45) is 8.29. The van der Waals surface area contributed by atoms with Crippen LogP contribution < -0.4 is 9.47 Å². The second kappa shape index (κ2) is 10.8. The molecule has 0 bridgehead atoms. The summed E-state index contributed by atoms with van der Waals surface area (Å²) in [5, 5.41) is 19.5. The number of aromatic hydroxyl groups is 1. The molecule has 0 aliphatic carbocycles. The van der Waals surface area contributed by atoms with Crippen LogP contribution >= 0.6 is 0 Å². The van der Waals surface area contributed by atoms with Crippen molar-refractivity contribution in [2.24, 2.45) is 0 Å². The smallest absolute Gasteiger partial charge is 0.182 e. The molecule has 0 aliphatic rings. The van der Waals surface area contributed by atoms with Crippen molar-refractivity contribution >= 4 is 17.9 Å². The van der Waals surface area contributed by atoms with E-state index in [-0.39, 0.29) is 23.4 Å². The Labute approximate surface area is 171 Å². The Morgan fingerprint density at radius 2 is 1.72 bits per heavy atom. The van der Waals surface area contributed by atoms with Crippen molar-refractivity contribution in [2.75, 3.05) is 7.11 Å². The predicted octanol–water partition coefficient (Wildman–Crippen LogP) is 5.32. The minimum absolute atomic E-state index is 0.0317. The van der Waals surface area contributed by atoms with Gasteiger partial charge in [0.15, 0.2) is 17.3 Å². The molecule has 2 aromatic carbocycles. The number of rotatable bonds is 9. The minimum Gasteiger partial charge on any atom is -0.508 e. The van der Waals surface area contributed by atoms with E-state index in [0.717, 1.165) is 23.8 Å². The standard InChI is InChI=1S/C24H26O5/c1-4-17(2)29-22-12-7-18(8-13-22)5-10-20(25)16-21(26)11-6-19-9-14-23(27)24(15-19)28-3/h5-17,26-27H,4H2,1-3H3/b10-5+,11-6+,21-16-. The Balaban J connectivity index is 1.96. The molecule has 5 nitrogen and oxygen atoms in total. The average molecular weight is 394 g/mol. The lowest BCUT2D eigenvalue weighted by molar-refractivity contribution is -0.110. The summed E-state index contributed by atoms with van der Waals surface area (Å²) in [5.41, 5.74) is 1.57. The summed E-state index contributed by atoms with van der Waals surface area (Å²) >= 11 is 0. The van der Waals surface area contributed by atoms with Gasteiger partial charge in [0.25, 0.3) is 0 Å². The van der Waals surface area contributed by atoms with E-state index < -0.39 is 0 Å². The van der Waals surface area contributed by atoms with Crippen LogP contribution in [0.5, 0.6) is 17.2 Å².